The van der Waals surface area contributed by atoms with Crippen molar-refractivity contribution in [2.75, 3.05) is 13.2 Å². The molecule has 0 saturated carbocycles. The predicted octanol–water partition coefficient (Wildman–Crippen LogP) is 10.6. The normalized spacial score (nSPS) is 11.9. The van der Waals surface area contributed by atoms with E-state index in [0.717, 1.165) is 67.6 Å². The first-order chi connectivity index (χ1) is 19.7. The molecule has 3 heteroatoms. The van der Waals surface area contributed by atoms with E-state index in [4.69, 9.17) is 14.5 Å². The zero-order chi connectivity index (χ0) is 28.3. The van der Waals surface area contributed by atoms with Gasteiger partial charge in [0.15, 0.2) is 0 Å². The van der Waals surface area contributed by atoms with E-state index in [0.29, 0.717) is 0 Å². The fourth-order valence-electron chi connectivity index (χ4n) is 5.09. The Kier molecular flexibility index (Phi) is 15.3. The summed E-state index contributed by atoms with van der Waals surface area (Å²) in [5.74, 6) is 2.71. The van der Waals surface area contributed by atoms with E-state index < -0.39 is 0 Å². The fourth-order valence-corrected chi connectivity index (χ4v) is 5.09. The number of aryl methyl sites for hydroxylation is 2. The van der Waals surface area contributed by atoms with Gasteiger partial charge in [0.2, 0.25) is 0 Å². The Hall–Kier alpha value is -2.81. The van der Waals surface area contributed by atoms with Crippen molar-refractivity contribution < 1.29 is 9.47 Å². The van der Waals surface area contributed by atoms with Crippen LogP contribution < -0.4 is 9.47 Å². The highest BCUT2D eigenvalue weighted by Crippen LogP contribution is 2.22. The van der Waals surface area contributed by atoms with Crippen molar-refractivity contribution in [3.8, 4) is 22.8 Å². The first kappa shape index (κ1) is 31.7. The lowest BCUT2D eigenvalue weighted by molar-refractivity contribution is 0.291. The van der Waals surface area contributed by atoms with Crippen molar-refractivity contribution in [3.05, 3.63) is 78.0 Å². The van der Waals surface area contributed by atoms with Gasteiger partial charge >= 0.3 is 0 Å². The Bertz CT molecular complexity index is 1030. The van der Waals surface area contributed by atoms with Crippen molar-refractivity contribution >= 4 is 0 Å². The molecule has 1 atom stereocenters. The lowest BCUT2D eigenvalue weighted by Crippen LogP contribution is -2.02. The Labute approximate surface area is 244 Å². The minimum Gasteiger partial charge on any atom is -0.494 e. The van der Waals surface area contributed by atoms with E-state index in [-0.39, 0.29) is 0 Å². The second-order valence-corrected chi connectivity index (χ2v) is 11.4. The molecule has 0 N–H and O–H groups in total. The molecule has 40 heavy (non-hydrogen) atoms. The Balaban J connectivity index is 1.32. The van der Waals surface area contributed by atoms with E-state index >= 15 is 0 Å². The lowest BCUT2D eigenvalue weighted by atomic mass is 9.98. The standard InChI is InChI=1S/C37H53NO2/c1-4-6-8-9-10-11-14-31(3)15-13-29-40-36-25-21-34(22-26-36)37-27-20-33(30-38-37)17-16-32-18-23-35(24-19-32)39-28-12-7-5-2/h18-27,30-31H,4-17,28-29H2,1-3H3. The average Bonchev–Trinajstić information content (AvgIpc) is 2.99. The van der Waals surface area contributed by atoms with Crippen molar-refractivity contribution in [2.45, 2.75) is 111 Å². The molecule has 0 saturated heterocycles. The summed E-state index contributed by atoms with van der Waals surface area (Å²) in [6.07, 6.45) is 19.6. The average molecular weight is 544 g/mol. The van der Waals surface area contributed by atoms with Gasteiger partial charge in [-0.3, -0.25) is 4.98 Å². The van der Waals surface area contributed by atoms with E-state index in [9.17, 15) is 0 Å². The molecule has 1 aromatic heterocycles. The molecule has 0 aliphatic heterocycles. The molecule has 0 aliphatic rings. The van der Waals surface area contributed by atoms with Crippen LogP contribution in [-0.2, 0) is 12.8 Å². The van der Waals surface area contributed by atoms with Crippen molar-refractivity contribution in [1.82, 2.24) is 4.98 Å². The van der Waals surface area contributed by atoms with Crippen LogP contribution in [0.2, 0.25) is 0 Å². The SMILES string of the molecule is CCCCCCCCC(C)CCCOc1ccc(-c2ccc(CCc3ccc(OCCCCC)cc3)cn2)cc1. The highest BCUT2D eigenvalue weighted by Gasteiger charge is 2.05. The minimum atomic E-state index is 0.793. The van der Waals surface area contributed by atoms with Gasteiger partial charge in [-0.25, -0.2) is 0 Å². The third kappa shape index (κ3) is 12.6. The summed E-state index contributed by atoms with van der Waals surface area (Å²) in [7, 11) is 0. The second-order valence-electron chi connectivity index (χ2n) is 11.4. The molecule has 0 fully saturated rings. The van der Waals surface area contributed by atoms with E-state index in [1.807, 2.05) is 6.20 Å². The van der Waals surface area contributed by atoms with E-state index in [1.54, 1.807) is 0 Å². The maximum atomic E-state index is 6.02. The fraction of sp³-hybridized carbons (Fsp3) is 0.541. The number of hydrogen-bond acceptors (Lipinski definition) is 3. The van der Waals surface area contributed by atoms with Crippen molar-refractivity contribution in [3.63, 3.8) is 0 Å². The molecular weight excluding hydrogens is 490 g/mol. The minimum absolute atomic E-state index is 0.793. The molecule has 0 radical (unpaired) electrons. The van der Waals surface area contributed by atoms with Gasteiger partial charge in [-0.15, -0.1) is 0 Å². The first-order valence-electron chi connectivity index (χ1n) is 16.1. The summed E-state index contributed by atoms with van der Waals surface area (Å²) >= 11 is 0. The molecule has 0 aliphatic carbocycles. The third-order valence-electron chi connectivity index (χ3n) is 7.78. The van der Waals surface area contributed by atoms with Gasteiger partial charge in [0.25, 0.3) is 0 Å². The molecule has 2 aromatic carbocycles. The first-order valence-corrected chi connectivity index (χ1v) is 16.1. The van der Waals surface area contributed by atoms with E-state index in [1.165, 1.54) is 75.3 Å². The highest BCUT2D eigenvalue weighted by molar-refractivity contribution is 5.60. The zero-order valence-electron chi connectivity index (χ0n) is 25.5. The number of benzene rings is 2. The summed E-state index contributed by atoms with van der Waals surface area (Å²) in [5.41, 5.74) is 4.71. The molecule has 3 nitrogen and oxygen atoms in total. The molecule has 0 spiro atoms. The number of aromatic nitrogens is 1. The molecule has 0 bridgehead atoms. The number of ether oxygens (including phenoxy) is 2. The smallest absolute Gasteiger partial charge is 0.119 e. The topological polar surface area (TPSA) is 31.4 Å². The lowest BCUT2D eigenvalue weighted by Gasteiger charge is -2.12. The van der Waals surface area contributed by atoms with Crippen molar-refractivity contribution in [1.29, 1.82) is 0 Å². The summed E-state index contributed by atoms with van der Waals surface area (Å²) in [4.78, 5) is 4.73. The van der Waals surface area contributed by atoms with Gasteiger partial charge < -0.3 is 9.47 Å². The van der Waals surface area contributed by atoms with Crippen LogP contribution in [0.25, 0.3) is 11.3 Å². The number of nitrogens with zero attached hydrogens (tertiary/aromatic N) is 1. The van der Waals surface area contributed by atoms with Crippen LogP contribution in [0.4, 0.5) is 0 Å². The zero-order valence-corrected chi connectivity index (χ0v) is 25.5. The summed E-state index contributed by atoms with van der Waals surface area (Å²) in [6.45, 7) is 8.48. The number of pyridine rings is 1. The molecule has 3 rings (SSSR count). The Morgan fingerprint density at radius 3 is 1.80 bits per heavy atom. The van der Waals surface area contributed by atoms with Crippen LogP contribution in [0, 0.1) is 5.92 Å². The second kappa shape index (κ2) is 19.3. The van der Waals surface area contributed by atoms with Crippen molar-refractivity contribution in [2.24, 2.45) is 5.92 Å². The van der Waals surface area contributed by atoms with E-state index in [2.05, 4.69) is 81.4 Å². The van der Waals surface area contributed by atoms with Crippen LogP contribution in [0.5, 0.6) is 11.5 Å². The monoisotopic (exact) mass is 543 g/mol. The summed E-state index contributed by atoms with van der Waals surface area (Å²) in [6, 6.07) is 21.2. The largest absolute Gasteiger partial charge is 0.494 e. The number of unbranched alkanes of at least 4 members (excludes halogenated alkanes) is 7. The molecular formula is C37H53NO2. The van der Waals surface area contributed by atoms with Gasteiger partial charge in [0.05, 0.1) is 18.9 Å². The van der Waals surface area contributed by atoms with Gasteiger partial charge in [0.1, 0.15) is 11.5 Å². The molecule has 0 amide bonds. The quantitative estimate of drug-likeness (QED) is 0.125. The molecule has 218 valence electrons. The van der Waals surface area contributed by atoms with Gasteiger partial charge in [0, 0.05) is 11.8 Å². The summed E-state index contributed by atoms with van der Waals surface area (Å²) < 4.78 is 11.8. The highest BCUT2D eigenvalue weighted by atomic mass is 16.5. The number of rotatable bonds is 21. The van der Waals surface area contributed by atoms with Crippen LogP contribution >= 0.6 is 0 Å². The Morgan fingerprint density at radius 2 is 1.12 bits per heavy atom. The maximum Gasteiger partial charge on any atom is 0.119 e. The number of hydrogen-bond donors (Lipinski definition) is 0. The van der Waals surface area contributed by atoms with Gasteiger partial charge in [-0.05, 0) is 91.6 Å². The van der Waals surface area contributed by atoms with Crippen LogP contribution in [-0.4, -0.2) is 18.2 Å². The predicted molar refractivity (Wildman–Crippen MR) is 170 cm³/mol. The third-order valence-corrected chi connectivity index (χ3v) is 7.78. The molecule has 1 heterocycles. The van der Waals surface area contributed by atoms with Crippen LogP contribution in [0.1, 0.15) is 109 Å². The molecule has 1 unspecified atom stereocenters. The maximum absolute atomic E-state index is 6.02. The van der Waals surface area contributed by atoms with Crippen LogP contribution in [0.3, 0.4) is 0 Å². The molecule has 3 aromatic rings. The van der Waals surface area contributed by atoms with Gasteiger partial charge in [-0.1, -0.05) is 96.8 Å². The summed E-state index contributed by atoms with van der Waals surface area (Å²) in [5, 5.41) is 0. The van der Waals surface area contributed by atoms with Gasteiger partial charge in [-0.2, -0.15) is 0 Å². The van der Waals surface area contributed by atoms with Crippen LogP contribution in [0.15, 0.2) is 66.9 Å². The Morgan fingerprint density at radius 1 is 0.575 bits per heavy atom.